The number of benzene rings is 1. The van der Waals surface area contributed by atoms with Crippen LogP contribution in [0.4, 0.5) is 0 Å². The van der Waals surface area contributed by atoms with Crippen molar-refractivity contribution in [1.82, 2.24) is 14.5 Å². The number of halogens is 1. The molecule has 0 radical (unpaired) electrons. The van der Waals surface area contributed by atoms with Crippen molar-refractivity contribution in [3.05, 3.63) is 29.0 Å². The van der Waals surface area contributed by atoms with E-state index < -0.39 is 0 Å². The Balaban J connectivity index is 1.71. The SMILES string of the molecule is COCc1nc2cc(Cl)ccc2n1CCCN1CCOCC1. The molecule has 0 aliphatic carbocycles. The maximum absolute atomic E-state index is 6.06. The van der Waals surface area contributed by atoms with Crippen LogP contribution in [-0.4, -0.2) is 54.4 Å². The van der Waals surface area contributed by atoms with Gasteiger partial charge >= 0.3 is 0 Å². The lowest BCUT2D eigenvalue weighted by Gasteiger charge is -2.26. The monoisotopic (exact) mass is 323 g/mol. The van der Waals surface area contributed by atoms with E-state index >= 15 is 0 Å². The molecule has 1 saturated heterocycles. The van der Waals surface area contributed by atoms with Crippen molar-refractivity contribution in [1.29, 1.82) is 0 Å². The summed E-state index contributed by atoms with van der Waals surface area (Å²) in [6, 6.07) is 5.87. The Kier molecular flexibility index (Phi) is 5.31. The van der Waals surface area contributed by atoms with E-state index in [1.165, 1.54) is 0 Å². The van der Waals surface area contributed by atoms with E-state index in [-0.39, 0.29) is 0 Å². The van der Waals surface area contributed by atoms with Crippen LogP contribution in [0.3, 0.4) is 0 Å². The fourth-order valence-corrected chi connectivity index (χ4v) is 3.09. The molecular formula is C16H22ClN3O2. The summed E-state index contributed by atoms with van der Waals surface area (Å²) in [6.45, 7) is 6.31. The van der Waals surface area contributed by atoms with Gasteiger partial charge in [-0.2, -0.15) is 0 Å². The minimum atomic E-state index is 0.518. The van der Waals surface area contributed by atoms with Crippen LogP contribution < -0.4 is 0 Å². The van der Waals surface area contributed by atoms with Gasteiger partial charge < -0.3 is 14.0 Å². The van der Waals surface area contributed by atoms with E-state index in [0.717, 1.165) is 67.7 Å². The Morgan fingerprint density at radius 2 is 2.09 bits per heavy atom. The van der Waals surface area contributed by atoms with Gasteiger partial charge in [-0.05, 0) is 24.6 Å². The van der Waals surface area contributed by atoms with Crippen molar-refractivity contribution in [3.63, 3.8) is 0 Å². The summed E-state index contributed by atoms with van der Waals surface area (Å²) < 4.78 is 12.9. The number of ether oxygens (including phenoxy) is 2. The van der Waals surface area contributed by atoms with Crippen LogP contribution in [0.2, 0.25) is 5.02 Å². The molecule has 6 heteroatoms. The van der Waals surface area contributed by atoms with Crippen LogP contribution in [0.5, 0.6) is 0 Å². The average molecular weight is 324 g/mol. The summed E-state index contributed by atoms with van der Waals surface area (Å²) >= 11 is 6.06. The highest BCUT2D eigenvalue weighted by Crippen LogP contribution is 2.21. The smallest absolute Gasteiger partial charge is 0.135 e. The number of imidazole rings is 1. The molecule has 120 valence electrons. The Bertz CT molecular complexity index is 623. The molecule has 1 aromatic heterocycles. The van der Waals surface area contributed by atoms with Gasteiger partial charge in [-0.3, -0.25) is 4.90 Å². The second-order valence-corrected chi connectivity index (χ2v) is 5.99. The molecular weight excluding hydrogens is 302 g/mol. The summed E-state index contributed by atoms with van der Waals surface area (Å²) in [5.41, 5.74) is 2.06. The summed E-state index contributed by atoms with van der Waals surface area (Å²) in [5, 5.41) is 0.717. The largest absolute Gasteiger partial charge is 0.379 e. The molecule has 0 N–H and O–H groups in total. The fraction of sp³-hybridized carbons (Fsp3) is 0.562. The topological polar surface area (TPSA) is 39.5 Å². The molecule has 0 unspecified atom stereocenters. The van der Waals surface area contributed by atoms with E-state index in [2.05, 4.69) is 14.5 Å². The Morgan fingerprint density at radius 3 is 2.86 bits per heavy atom. The van der Waals surface area contributed by atoms with Crippen molar-refractivity contribution in [2.45, 2.75) is 19.6 Å². The van der Waals surface area contributed by atoms with Crippen molar-refractivity contribution in [3.8, 4) is 0 Å². The predicted molar refractivity (Wildman–Crippen MR) is 87.3 cm³/mol. The molecule has 3 rings (SSSR count). The molecule has 22 heavy (non-hydrogen) atoms. The number of nitrogens with zero attached hydrogens (tertiary/aromatic N) is 3. The molecule has 5 nitrogen and oxygen atoms in total. The van der Waals surface area contributed by atoms with Crippen LogP contribution in [-0.2, 0) is 22.6 Å². The first-order valence-electron chi connectivity index (χ1n) is 7.71. The molecule has 1 fully saturated rings. The van der Waals surface area contributed by atoms with Gasteiger partial charge in [-0.15, -0.1) is 0 Å². The third-order valence-corrected chi connectivity index (χ3v) is 4.26. The van der Waals surface area contributed by atoms with Crippen molar-refractivity contribution >= 4 is 22.6 Å². The van der Waals surface area contributed by atoms with Crippen LogP contribution in [0, 0.1) is 0 Å². The first-order valence-corrected chi connectivity index (χ1v) is 8.09. The second-order valence-electron chi connectivity index (χ2n) is 5.55. The lowest BCUT2D eigenvalue weighted by atomic mass is 10.3. The van der Waals surface area contributed by atoms with Crippen LogP contribution in [0.1, 0.15) is 12.2 Å². The number of methoxy groups -OCH3 is 1. The third-order valence-electron chi connectivity index (χ3n) is 4.02. The molecule has 1 aromatic carbocycles. The van der Waals surface area contributed by atoms with E-state index in [9.17, 15) is 0 Å². The van der Waals surface area contributed by atoms with Gasteiger partial charge in [0.15, 0.2) is 0 Å². The summed E-state index contributed by atoms with van der Waals surface area (Å²) in [5.74, 6) is 0.960. The zero-order chi connectivity index (χ0) is 15.4. The molecule has 2 aromatic rings. The van der Waals surface area contributed by atoms with Crippen molar-refractivity contribution in [2.24, 2.45) is 0 Å². The van der Waals surface area contributed by atoms with E-state index in [4.69, 9.17) is 21.1 Å². The fourth-order valence-electron chi connectivity index (χ4n) is 2.92. The molecule has 0 spiro atoms. The number of rotatable bonds is 6. The second kappa shape index (κ2) is 7.42. The number of fused-ring (bicyclic) bond motifs is 1. The summed E-state index contributed by atoms with van der Waals surface area (Å²) in [6.07, 6.45) is 1.09. The third kappa shape index (κ3) is 3.60. The highest BCUT2D eigenvalue weighted by atomic mass is 35.5. The molecule has 0 bridgehead atoms. The lowest BCUT2D eigenvalue weighted by Crippen LogP contribution is -2.37. The highest BCUT2D eigenvalue weighted by Gasteiger charge is 2.13. The van der Waals surface area contributed by atoms with Crippen molar-refractivity contribution in [2.75, 3.05) is 40.0 Å². The Morgan fingerprint density at radius 1 is 1.27 bits per heavy atom. The van der Waals surface area contributed by atoms with Gasteiger partial charge in [0.2, 0.25) is 0 Å². The van der Waals surface area contributed by atoms with Crippen LogP contribution in [0.25, 0.3) is 11.0 Å². The Hall–Kier alpha value is -1.14. The van der Waals surface area contributed by atoms with Crippen molar-refractivity contribution < 1.29 is 9.47 Å². The number of hydrogen-bond acceptors (Lipinski definition) is 4. The van der Waals surface area contributed by atoms with Gasteiger partial charge in [-0.25, -0.2) is 4.98 Å². The number of aromatic nitrogens is 2. The maximum atomic E-state index is 6.06. The average Bonchev–Trinajstić information content (AvgIpc) is 2.85. The number of hydrogen-bond donors (Lipinski definition) is 0. The lowest BCUT2D eigenvalue weighted by molar-refractivity contribution is 0.0369. The number of morpholine rings is 1. The quantitative estimate of drug-likeness (QED) is 0.819. The molecule has 0 atom stereocenters. The molecule has 1 aliphatic heterocycles. The van der Waals surface area contributed by atoms with Gasteiger partial charge in [0.25, 0.3) is 0 Å². The molecule has 1 aliphatic rings. The summed E-state index contributed by atoms with van der Waals surface area (Å²) in [4.78, 5) is 7.10. The first-order chi connectivity index (χ1) is 10.8. The normalized spacial score (nSPS) is 16.5. The number of aryl methyl sites for hydroxylation is 1. The van der Waals surface area contributed by atoms with E-state index in [1.807, 2.05) is 18.2 Å². The zero-order valence-electron chi connectivity index (χ0n) is 12.9. The highest BCUT2D eigenvalue weighted by molar-refractivity contribution is 6.31. The van der Waals surface area contributed by atoms with Gasteiger partial charge in [-0.1, -0.05) is 11.6 Å². The van der Waals surface area contributed by atoms with Crippen LogP contribution >= 0.6 is 11.6 Å². The standard InChI is InChI=1S/C16H22ClN3O2/c1-21-12-16-18-14-11-13(17)3-4-15(14)20(16)6-2-5-19-7-9-22-10-8-19/h3-4,11H,2,5-10,12H2,1H3. The Labute approximate surface area is 135 Å². The van der Waals surface area contributed by atoms with Gasteiger partial charge in [0.1, 0.15) is 12.4 Å². The molecule has 0 amide bonds. The van der Waals surface area contributed by atoms with Crippen LogP contribution in [0.15, 0.2) is 18.2 Å². The van der Waals surface area contributed by atoms with E-state index in [1.54, 1.807) is 7.11 Å². The van der Waals surface area contributed by atoms with Gasteiger partial charge in [0, 0.05) is 38.3 Å². The van der Waals surface area contributed by atoms with Gasteiger partial charge in [0.05, 0.1) is 24.2 Å². The first kappa shape index (κ1) is 15.7. The maximum Gasteiger partial charge on any atom is 0.135 e. The summed E-state index contributed by atoms with van der Waals surface area (Å²) in [7, 11) is 1.70. The minimum absolute atomic E-state index is 0.518. The predicted octanol–water partition coefficient (Wildman–Crippen LogP) is 2.56. The van der Waals surface area contributed by atoms with E-state index in [0.29, 0.717) is 6.61 Å². The minimum Gasteiger partial charge on any atom is -0.379 e. The molecule has 2 heterocycles. The zero-order valence-corrected chi connectivity index (χ0v) is 13.7. The molecule has 0 saturated carbocycles.